The highest BCUT2D eigenvalue weighted by molar-refractivity contribution is 5.94. The Balaban J connectivity index is 0.00000242. The lowest BCUT2D eigenvalue weighted by Gasteiger charge is -2.26. The maximum atomic E-state index is 12.1. The molecule has 122 valence electrons. The fraction of sp³-hybridized carbons (Fsp3) is 0.467. The molecule has 2 rings (SSSR count). The molecule has 2 amide bonds. The summed E-state index contributed by atoms with van der Waals surface area (Å²) in [4.78, 5) is 25.4. The Bertz CT molecular complexity index is 499. The fourth-order valence-corrected chi connectivity index (χ4v) is 2.06. The van der Waals surface area contributed by atoms with Gasteiger partial charge in [-0.3, -0.25) is 9.59 Å². The third-order valence-corrected chi connectivity index (χ3v) is 3.35. The molecular formula is C15H22ClN3O3. The van der Waals surface area contributed by atoms with Crippen LogP contribution in [0.5, 0.6) is 0 Å². The Morgan fingerprint density at radius 1 is 1.27 bits per heavy atom. The smallest absolute Gasteiger partial charge is 0.240 e. The van der Waals surface area contributed by atoms with E-state index in [-0.39, 0.29) is 24.2 Å². The second-order valence-corrected chi connectivity index (χ2v) is 5.14. The molecule has 1 aliphatic heterocycles. The quantitative estimate of drug-likeness (QED) is 0.856. The Kier molecular flexibility index (Phi) is 7.31. The van der Waals surface area contributed by atoms with Gasteiger partial charge in [0.25, 0.3) is 0 Å². The molecule has 0 radical (unpaired) electrons. The van der Waals surface area contributed by atoms with Crippen molar-refractivity contribution < 1.29 is 14.3 Å². The number of hydrogen-bond donors (Lipinski definition) is 2. The van der Waals surface area contributed by atoms with Crippen LogP contribution in [0.15, 0.2) is 24.3 Å². The number of nitrogens with one attached hydrogen (secondary N) is 1. The first-order chi connectivity index (χ1) is 10.1. The molecule has 0 unspecified atom stereocenters. The number of anilines is 1. The standard InChI is InChI=1S/C15H21N3O3.ClH/c1-11(16)15(20)17-13-4-2-12(3-5-13)10-14(19)18-6-8-21-9-7-18;/h2-5,11H,6-10,16H2,1H3,(H,17,20);1H/t11-;/m1./s1. The van der Waals surface area contributed by atoms with E-state index in [4.69, 9.17) is 10.5 Å². The maximum absolute atomic E-state index is 12.1. The molecule has 0 aliphatic carbocycles. The number of halogens is 1. The van der Waals surface area contributed by atoms with Crippen LogP contribution in [0.1, 0.15) is 12.5 Å². The molecule has 1 heterocycles. The summed E-state index contributed by atoms with van der Waals surface area (Å²) in [6.07, 6.45) is 0.363. The van der Waals surface area contributed by atoms with Gasteiger partial charge in [-0.2, -0.15) is 0 Å². The Morgan fingerprint density at radius 2 is 1.86 bits per heavy atom. The Labute approximate surface area is 136 Å². The van der Waals surface area contributed by atoms with Crippen LogP contribution in [0, 0.1) is 0 Å². The molecule has 1 aromatic carbocycles. The van der Waals surface area contributed by atoms with Gasteiger partial charge >= 0.3 is 0 Å². The van der Waals surface area contributed by atoms with Gasteiger partial charge in [-0.15, -0.1) is 12.4 Å². The van der Waals surface area contributed by atoms with Crippen molar-refractivity contribution in [3.05, 3.63) is 29.8 Å². The number of morpholine rings is 1. The van der Waals surface area contributed by atoms with Crippen molar-refractivity contribution in [2.45, 2.75) is 19.4 Å². The van der Waals surface area contributed by atoms with E-state index in [1.165, 1.54) is 0 Å². The molecule has 0 saturated carbocycles. The van der Waals surface area contributed by atoms with Crippen LogP contribution in [-0.2, 0) is 20.7 Å². The zero-order chi connectivity index (χ0) is 15.2. The average molecular weight is 328 g/mol. The van der Waals surface area contributed by atoms with E-state index in [1.54, 1.807) is 19.1 Å². The van der Waals surface area contributed by atoms with Gasteiger partial charge in [0.2, 0.25) is 11.8 Å². The number of carbonyl (C=O) groups excluding carboxylic acids is 2. The van der Waals surface area contributed by atoms with Crippen molar-refractivity contribution in [2.24, 2.45) is 5.73 Å². The molecule has 1 atom stereocenters. The fourth-order valence-electron chi connectivity index (χ4n) is 2.06. The number of ether oxygens (including phenoxy) is 1. The number of amides is 2. The monoisotopic (exact) mass is 327 g/mol. The van der Waals surface area contributed by atoms with E-state index >= 15 is 0 Å². The molecule has 1 aliphatic rings. The van der Waals surface area contributed by atoms with Crippen molar-refractivity contribution >= 4 is 29.9 Å². The van der Waals surface area contributed by atoms with Crippen molar-refractivity contribution in [2.75, 3.05) is 31.6 Å². The first-order valence-electron chi connectivity index (χ1n) is 7.07. The van der Waals surface area contributed by atoms with Gasteiger partial charge in [0.15, 0.2) is 0 Å². The van der Waals surface area contributed by atoms with Crippen molar-refractivity contribution in [3.8, 4) is 0 Å². The summed E-state index contributed by atoms with van der Waals surface area (Å²) in [6, 6.07) is 6.70. The molecule has 0 aromatic heterocycles. The van der Waals surface area contributed by atoms with Crippen molar-refractivity contribution in [1.29, 1.82) is 0 Å². The summed E-state index contributed by atoms with van der Waals surface area (Å²) >= 11 is 0. The molecule has 22 heavy (non-hydrogen) atoms. The summed E-state index contributed by atoms with van der Waals surface area (Å²) in [5.74, 6) is -0.127. The molecule has 1 saturated heterocycles. The van der Waals surface area contributed by atoms with E-state index < -0.39 is 6.04 Å². The van der Waals surface area contributed by atoms with Gasteiger partial charge in [0, 0.05) is 18.8 Å². The maximum Gasteiger partial charge on any atom is 0.240 e. The van der Waals surface area contributed by atoms with Gasteiger partial charge in [0.05, 0.1) is 25.7 Å². The number of nitrogens with zero attached hydrogens (tertiary/aromatic N) is 1. The molecule has 0 bridgehead atoms. The largest absolute Gasteiger partial charge is 0.378 e. The Morgan fingerprint density at radius 3 is 2.41 bits per heavy atom. The minimum Gasteiger partial charge on any atom is -0.378 e. The lowest BCUT2D eigenvalue weighted by Crippen LogP contribution is -2.41. The number of carbonyl (C=O) groups is 2. The van der Waals surface area contributed by atoms with Crippen LogP contribution in [0.2, 0.25) is 0 Å². The summed E-state index contributed by atoms with van der Waals surface area (Å²) in [6.45, 7) is 4.15. The summed E-state index contributed by atoms with van der Waals surface area (Å²) in [5, 5.41) is 2.71. The highest BCUT2D eigenvalue weighted by atomic mass is 35.5. The molecule has 6 nitrogen and oxygen atoms in total. The van der Waals surface area contributed by atoms with Crippen LogP contribution in [0.3, 0.4) is 0 Å². The van der Waals surface area contributed by atoms with Gasteiger partial charge in [0.1, 0.15) is 0 Å². The number of hydrogen-bond acceptors (Lipinski definition) is 4. The first kappa shape index (κ1) is 18.4. The van der Waals surface area contributed by atoms with Crippen LogP contribution in [0.25, 0.3) is 0 Å². The zero-order valence-corrected chi connectivity index (χ0v) is 13.4. The lowest BCUT2D eigenvalue weighted by atomic mass is 10.1. The highest BCUT2D eigenvalue weighted by Gasteiger charge is 2.17. The predicted molar refractivity (Wildman–Crippen MR) is 87.1 cm³/mol. The summed E-state index contributed by atoms with van der Waals surface area (Å²) in [7, 11) is 0. The highest BCUT2D eigenvalue weighted by Crippen LogP contribution is 2.12. The minimum atomic E-state index is -0.549. The van der Waals surface area contributed by atoms with E-state index in [1.807, 2.05) is 17.0 Å². The number of benzene rings is 1. The molecular weight excluding hydrogens is 306 g/mol. The van der Waals surface area contributed by atoms with Gasteiger partial charge < -0.3 is 20.7 Å². The summed E-state index contributed by atoms with van der Waals surface area (Å²) < 4.78 is 5.23. The van der Waals surface area contributed by atoms with Crippen LogP contribution < -0.4 is 11.1 Å². The molecule has 3 N–H and O–H groups in total. The lowest BCUT2D eigenvalue weighted by molar-refractivity contribution is -0.134. The number of nitrogens with two attached hydrogens (primary N) is 1. The van der Waals surface area contributed by atoms with E-state index in [0.29, 0.717) is 38.4 Å². The normalized spacial score (nSPS) is 15.6. The number of rotatable bonds is 4. The minimum absolute atomic E-state index is 0. The molecule has 0 spiro atoms. The van der Waals surface area contributed by atoms with E-state index in [0.717, 1.165) is 5.56 Å². The first-order valence-corrected chi connectivity index (χ1v) is 7.07. The van der Waals surface area contributed by atoms with E-state index in [2.05, 4.69) is 5.32 Å². The SMILES string of the molecule is C[C@@H](N)C(=O)Nc1ccc(CC(=O)N2CCOCC2)cc1.Cl. The van der Waals surface area contributed by atoms with Crippen LogP contribution in [0.4, 0.5) is 5.69 Å². The van der Waals surface area contributed by atoms with E-state index in [9.17, 15) is 9.59 Å². The molecule has 1 aromatic rings. The topological polar surface area (TPSA) is 84.7 Å². The second kappa shape index (κ2) is 8.73. The molecule has 7 heteroatoms. The van der Waals surface area contributed by atoms with Gasteiger partial charge in [-0.25, -0.2) is 0 Å². The van der Waals surface area contributed by atoms with Crippen molar-refractivity contribution in [3.63, 3.8) is 0 Å². The average Bonchev–Trinajstić information content (AvgIpc) is 2.50. The zero-order valence-electron chi connectivity index (χ0n) is 12.6. The Hall–Kier alpha value is -1.63. The van der Waals surface area contributed by atoms with Crippen molar-refractivity contribution in [1.82, 2.24) is 4.90 Å². The van der Waals surface area contributed by atoms with Gasteiger partial charge in [-0.05, 0) is 24.6 Å². The van der Waals surface area contributed by atoms with Gasteiger partial charge in [-0.1, -0.05) is 12.1 Å². The summed E-state index contributed by atoms with van der Waals surface area (Å²) in [5.41, 5.74) is 7.09. The van der Waals surface area contributed by atoms with Crippen LogP contribution >= 0.6 is 12.4 Å². The third-order valence-electron chi connectivity index (χ3n) is 3.35. The third kappa shape index (κ3) is 5.29. The molecule has 1 fully saturated rings. The second-order valence-electron chi connectivity index (χ2n) is 5.14. The predicted octanol–water partition coefficient (Wildman–Crippen LogP) is 0.795. The van der Waals surface area contributed by atoms with Crippen LogP contribution in [-0.4, -0.2) is 49.1 Å².